The molecule has 0 aliphatic rings. The minimum absolute atomic E-state index is 0.0728. The standard InChI is InChI=1S/C26H33FN4O4/c1-7-28-20-12-13-21(35-15-14-34-6)25(27)24(20)17(2)29-18-8-10-19(11-9-18)30-22(32)16-23(33)31-26(3,4)5/h7-13,29H,2,14-16H2,1,3-6H3,(H,30,32)(H,31,33). The molecule has 2 amide bonds. The Kier molecular flexibility index (Phi) is 9.96. The maximum absolute atomic E-state index is 15.2. The number of anilines is 2. The zero-order valence-corrected chi connectivity index (χ0v) is 20.8. The van der Waals surface area contributed by atoms with Crippen molar-refractivity contribution in [1.29, 1.82) is 0 Å². The van der Waals surface area contributed by atoms with Gasteiger partial charge in [-0.3, -0.25) is 14.6 Å². The summed E-state index contributed by atoms with van der Waals surface area (Å²) in [6, 6.07) is 9.91. The fourth-order valence-electron chi connectivity index (χ4n) is 3.11. The minimum Gasteiger partial charge on any atom is -0.488 e. The highest BCUT2D eigenvalue weighted by Crippen LogP contribution is 2.34. The van der Waals surface area contributed by atoms with Crippen LogP contribution in [0.3, 0.4) is 0 Å². The fourth-order valence-corrected chi connectivity index (χ4v) is 3.11. The largest absolute Gasteiger partial charge is 0.488 e. The second kappa shape index (κ2) is 12.7. The number of carbonyl (C=O) groups excluding carboxylic acids is 2. The highest BCUT2D eigenvalue weighted by molar-refractivity contribution is 6.03. The third-order valence-electron chi connectivity index (χ3n) is 4.50. The van der Waals surface area contributed by atoms with Crippen molar-refractivity contribution in [1.82, 2.24) is 5.32 Å². The van der Waals surface area contributed by atoms with Crippen LogP contribution < -0.4 is 20.7 Å². The Hall–Kier alpha value is -3.72. The molecule has 0 saturated carbocycles. The summed E-state index contributed by atoms with van der Waals surface area (Å²) in [6.07, 6.45) is 1.28. The van der Waals surface area contributed by atoms with Gasteiger partial charge < -0.3 is 25.4 Å². The van der Waals surface area contributed by atoms with Gasteiger partial charge in [-0.1, -0.05) is 6.58 Å². The maximum Gasteiger partial charge on any atom is 0.233 e. The van der Waals surface area contributed by atoms with Crippen molar-refractivity contribution in [2.24, 2.45) is 4.99 Å². The van der Waals surface area contributed by atoms with E-state index in [0.717, 1.165) is 0 Å². The molecule has 0 radical (unpaired) electrons. The normalized spacial score (nSPS) is 11.3. The fraction of sp³-hybridized carbons (Fsp3) is 0.346. The lowest BCUT2D eigenvalue weighted by Gasteiger charge is -2.20. The highest BCUT2D eigenvalue weighted by atomic mass is 19.1. The average Bonchev–Trinajstić information content (AvgIpc) is 2.75. The van der Waals surface area contributed by atoms with Crippen molar-refractivity contribution in [3.05, 3.63) is 54.4 Å². The number of benzene rings is 2. The molecular formula is C26H33FN4O4. The summed E-state index contributed by atoms with van der Waals surface area (Å²) in [5, 5.41) is 8.49. The number of aliphatic imine (C=N–C) groups is 1. The van der Waals surface area contributed by atoms with E-state index in [4.69, 9.17) is 9.47 Å². The van der Waals surface area contributed by atoms with Crippen molar-refractivity contribution in [2.75, 3.05) is 31.0 Å². The van der Waals surface area contributed by atoms with Crippen molar-refractivity contribution >= 4 is 40.8 Å². The molecule has 2 aromatic carbocycles. The summed E-state index contributed by atoms with van der Waals surface area (Å²) >= 11 is 0. The minimum atomic E-state index is -0.584. The number of hydrogen-bond donors (Lipinski definition) is 3. The van der Waals surface area contributed by atoms with Crippen LogP contribution in [0.4, 0.5) is 21.5 Å². The van der Waals surface area contributed by atoms with E-state index in [9.17, 15) is 9.59 Å². The number of ether oxygens (including phenoxy) is 2. The van der Waals surface area contributed by atoms with Crippen molar-refractivity contribution in [3.63, 3.8) is 0 Å². The average molecular weight is 485 g/mol. The third kappa shape index (κ3) is 8.86. The number of nitrogens with one attached hydrogen (secondary N) is 3. The van der Waals surface area contributed by atoms with Gasteiger partial charge in [0.1, 0.15) is 13.0 Å². The molecule has 0 fully saturated rings. The zero-order chi connectivity index (χ0) is 26.0. The summed E-state index contributed by atoms with van der Waals surface area (Å²) in [5.41, 5.74) is 1.60. The van der Waals surface area contributed by atoms with E-state index in [1.165, 1.54) is 13.2 Å². The molecular weight excluding hydrogens is 451 g/mol. The van der Waals surface area contributed by atoms with E-state index >= 15 is 4.39 Å². The first kappa shape index (κ1) is 27.5. The maximum atomic E-state index is 15.2. The number of halogens is 1. The van der Waals surface area contributed by atoms with Crippen LogP contribution in [-0.4, -0.2) is 43.9 Å². The van der Waals surface area contributed by atoms with E-state index in [2.05, 4.69) is 27.5 Å². The third-order valence-corrected chi connectivity index (χ3v) is 4.50. The van der Waals surface area contributed by atoms with Gasteiger partial charge in [0.25, 0.3) is 0 Å². The lowest BCUT2D eigenvalue weighted by atomic mass is 10.1. The Morgan fingerprint density at radius 1 is 1.03 bits per heavy atom. The molecule has 0 aliphatic heterocycles. The van der Waals surface area contributed by atoms with Gasteiger partial charge in [0, 0.05) is 35.9 Å². The molecule has 2 rings (SSSR count). The van der Waals surface area contributed by atoms with E-state index in [1.54, 1.807) is 43.5 Å². The summed E-state index contributed by atoms with van der Waals surface area (Å²) in [4.78, 5) is 28.3. The van der Waals surface area contributed by atoms with Gasteiger partial charge >= 0.3 is 0 Å². The van der Waals surface area contributed by atoms with Crippen LogP contribution in [0.25, 0.3) is 5.70 Å². The summed E-state index contributed by atoms with van der Waals surface area (Å²) < 4.78 is 25.6. The van der Waals surface area contributed by atoms with Gasteiger partial charge in [0.2, 0.25) is 11.8 Å². The number of nitrogens with zero attached hydrogens (tertiary/aromatic N) is 1. The van der Waals surface area contributed by atoms with Gasteiger partial charge in [-0.05, 0) is 64.1 Å². The van der Waals surface area contributed by atoms with Crippen LogP contribution in [0.2, 0.25) is 0 Å². The lowest BCUT2D eigenvalue weighted by Crippen LogP contribution is -2.41. The van der Waals surface area contributed by atoms with E-state index in [-0.39, 0.29) is 35.9 Å². The van der Waals surface area contributed by atoms with Crippen LogP contribution >= 0.6 is 0 Å². The van der Waals surface area contributed by atoms with Crippen LogP contribution in [0, 0.1) is 5.82 Å². The Labute approximate surface area is 205 Å². The van der Waals surface area contributed by atoms with Crippen molar-refractivity contribution in [2.45, 2.75) is 39.7 Å². The van der Waals surface area contributed by atoms with Crippen LogP contribution in [0.15, 0.2) is 48.0 Å². The van der Waals surface area contributed by atoms with Crippen LogP contribution in [0.5, 0.6) is 5.75 Å². The first-order valence-electron chi connectivity index (χ1n) is 11.1. The molecule has 188 valence electrons. The first-order chi connectivity index (χ1) is 16.5. The molecule has 0 bridgehead atoms. The van der Waals surface area contributed by atoms with Gasteiger partial charge in [0.15, 0.2) is 11.6 Å². The molecule has 9 heteroatoms. The quantitative estimate of drug-likeness (QED) is 0.239. The molecule has 0 aromatic heterocycles. The van der Waals surface area contributed by atoms with E-state index in [1.807, 2.05) is 20.8 Å². The smallest absolute Gasteiger partial charge is 0.233 e. The van der Waals surface area contributed by atoms with E-state index in [0.29, 0.717) is 23.7 Å². The Balaban J connectivity index is 2.09. The first-order valence-corrected chi connectivity index (χ1v) is 11.1. The number of hydrogen-bond acceptors (Lipinski definition) is 6. The number of rotatable bonds is 11. The molecule has 0 saturated heterocycles. The SMILES string of the molecule is C=C(Nc1ccc(NC(=O)CC(=O)NC(C)(C)C)cc1)c1c(N=CC)ccc(OCCOC)c1F. The summed E-state index contributed by atoms with van der Waals surface area (Å²) in [5.74, 6) is -1.29. The van der Waals surface area contributed by atoms with Crippen LogP contribution in [0.1, 0.15) is 39.7 Å². The predicted octanol–water partition coefficient (Wildman–Crippen LogP) is 4.90. The van der Waals surface area contributed by atoms with Gasteiger partial charge in [0.05, 0.1) is 17.9 Å². The molecule has 0 spiro atoms. The molecule has 3 N–H and O–H groups in total. The molecule has 8 nitrogen and oxygen atoms in total. The monoisotopic (exact) mass is 484 g/mol. The second-order valence-corrected chi connectivity index (χ2v) is 8.70. The molecule has 2 aromatic rings. The summed E-state index contributed by atoms with van der Waals surface area (Å²) in [7, 11) is 1.54. The van der Waals surface area contributed by atoms with Crippen molar-refractivity contribution in [3.8, 4) is 5.75 Å². The van der Waals surface area contributed by atoms with E-state index < -0.39 is 17.3 Å². The zero-order valence-electron chi connectivity index (χ0n) is 20.8. The lowest BCUT2D eigenvalue weighted by molar-refractivity contribution is -0.127. The highest BCUT2D eigenvalue weighted by Gasteiger charge is 2.18. The van der Waals surface area contributed by atoms with Gasteiger partial charge in [-0.15, -0.1) is 0 Å². The number of methoxy groups -OCH3 is 1. The van der Waals surface area contributed by atoms with Gasteiger partial charge in [-0.25, -0.2) is 4.39 Å². The second-order valence-electron chi connectivity index (χ2n) is 8.70. The summed E-state index contributed by atoms with van der Waals surface area (Å²) in [6.45, 7) is 11.8. The molecule has 35 heavy (non-hydrogen) atoms. The van der Waals surface area contributed by atoms with Gasteiger partial charge in [-0.2, -0.15) is 0 Å². The number of carbonyl (C=O) groups is 2. The topological polar surface area (TPSA) is 101 Å². The molecule has 0 heterocycles. The number of amides is 2. The molecule has 0 aliphatic carbocycles. The van der Waals surface area contributed by atoms with Crippen molar-refractivity contribution < 1.29 is 23.5 Å². The Morgan fingerprint density at radius 2 is 1.66 bits per heavy atom. The molecule has 0 atom stereocenters. The van der Waals surface area contributed by atoms with Crippen LogP contribution in [-0.2, 0) is 14.3 Å². The Morgan fingerprint density at radius 3 is 2.23 bits per heavy atom. The Bertz CT molecular complexity index is 1080. The predicted molar refractivity (Wildman–Crippen MR) is 138 cm³/mol. The molecule has 0 unspecified atom stereocenters.